The first kappa shape index (κ1) is 16.9. The van der Waals surface area contributed by atoms with Crippen LogP contribution < -0.4 is 15.8 Å². The molecule has 112 valence electrons. The minimum Gasteiger partial charge on any atom is -0.351 e. The first-order chi connectivity index (χ1) is 9.03. The van der Waals surface area contributed by atoms with Gasteiger partial charge < -0.3 is 11.1 Å². The lowest BCUT2D eigenvalue weighted by molar-refractivity contribution is 0.0954. The lowest BCUT2D eigenvalue weighted by atomic mass is 10.2. The molecular weight excluding hydrogens is 302 g/mol. The molecule has 2 rings (SSSR count). The van der Waals surface area contributed by atoms with Crippen molar-refractivity contribution in [2.24, 2.45) is 5.73 Å². The third-order valence-electron chi connectivity index (χ3n) is 2.74. The van der Waals surface area contributed by atoms with Gasteiger partial charge in [-0.2, -0.15) is 0 Å². The Morgan fingerprint density at radius 2 is 2.05 bits per heavy atom. The molecule has 8 heteroatoms. The van der Waals surface area contributed by atoms with E-state index in [1.165, 1.54) is 12.1 Å². The van der Waals surface area contributed by atoms with Crippen LogP contribution in [-0.4, -0.2) is 33.5 Å². The number of hydrogen-bond acceptors (Lipinski definition) is 4. The van der Waals surface area contributed by atoms with Gasteiger partial charge in [-0.25, -0.2) is 13.1 Å². The number of nitrogens with one attached hydrogen (secondary N) is 2. The summed E-state index contributed by atoms with van der Waals surface area (Å²) >= 11 is 0. The molecule has 4 N–H and O–H groups in total. The van der Waals surface area contributed by atoms with Crippen LogP contribution in [0, 0.1) is 0 Å². The molecule has 0 atom stereocenters. The second kappa shape index (κ2) is 7.03. The van der Waals surface area contributed by atoms with Gasteiger partial charge in [-0.1, -0.05) is 6.07 Å². The SMILES string of the molecule is Cl.NCCNC(=O)c1cccc(S(=O)(=O)NC2CC2)c1. The molecule has 6 nitrogen and oxygen atoms in total. The van der Waals surface area contributed by atoms with E-state index in [1.54, 1.807) is 12.1 Å². The lowest BCUT2D eigenvalue weighted by Crippen LogP contribution is -2.29. The fourth-order valence-electron chi connectivity index (χ4n) is 1.58. The number of benzene rings is 1. The molecule has 0 heterocycles. The van der Waals surface area contributed by atoms with Crippen molar-refractivity contribution in [1.29, 1.82) is 0 Å². The van der Waals surface area contributed by atoms with Gasteiger partial charge in [0.25, 0.3) is 5.91 Å². The summed E-state index contributed by atoms with van der Waals surface area (Å²) in [4.78, 5) is 11.8. The Hall–Kier alpha value is -1.15. The largest absolute Gasteiger partial charge is 0.351 e. The van der Waals surface area contributed by atoms with Gasteiger partial charge in [0.05, 0.1) is 4.90 Å². The lowest BCUT2D eigenvalue weighted by Gasteiger charge is -2.08. The zero-order chi connectivity index (χ0) is 13.9. The Balaban J connectivity index is 0.00000200. The third kappa shape index (κ3) is 4.45. The number of halogens is 1. The molecule has 1 aliphatic carbocycles. The second-order valence-corrected chi connectivity index (χ2v) is 6.18. The molecule has 0 aromatic heterocycles. The maximum Gasteiger partial charge on any atom is 0.251 e. The summed E-state index contributed by atoms with van der Waals surface area (Å²) < 4.78 is 26.6. The molecule has 0 radical (unpaired) electrons. The maximum absolute atomic E-state index is 12.0. The molecule has 0 saturated heterocycles. The third-order valence-corrected chi connectivity index (χ3v) is 4.25. The van der Waals surface area contributed by atoms with Crippen LogP contribution in [0.2, 0.25) is 0 Å². The molecule has 1 aromatic carbocycles. The number of sulfonamides is 1. The summed E-state index contributed by atoms with van der Waals surface area (Å²) in [7, 11) is -3.53. The van der Waals surface area contributed by atoms with Crippen molar-refractivity contribution in [3.63, 3.8) is 0 Å². The van der Waals surface area contributed by atoms with Crippen LogP contribution in [0.1, 0.15) is 23.2 Å². The average molecular weight is 320 g/mol. The van der Waals surface area contributed by atoms with Crippen LogP contribution in [0.3, 0.4) is 0 Å². The van der Waals surface area contributed by atoms with Crippen molar-refractivity contribution in [3.8, 4) is 0 Å². The quantitative estimate of drug-likeness (QED) is 0.699. The van der Waals surface area contributed by atoms with Crippen LogP contribution >= 0.6 is 12.4 Å². The number of carbonyl (C=O) groups excluding carboxylic acids is 1. The van der Waals surface area contributed by atoms with E-state index in [0.29, 0.717) is 18.7 Å². The van der Waals surface area contributed by atoms with E-state index in [0.717, 1.165) is 12.8 Å². The van der Waals surface area contributed by atoms with Gasteiger partial charge in [0.15, 0.2) is 0 Å². The second-order valence-electron chi connectivity index (χ2n) is 4.47. The fraction of sp³-hybridized carbons (Fsp3) is 0.417. The molecule has 0 spiro atoms. The van der Waals surface area contributed by atoms with Gasteiger partial charge in [-0.3, -0.25) is 4.79 Å². The van der Waals surface area contributed by atoms with Gasteiger partial charge >= 0.3 is 0 Å². The van der Waals surface area contributed by atoms with E-state index in [1.807, 2.05) is 0 Å². The summed E-state index contributed by atoms with van der Waals surface area (Å²) in [6.07, 6.45) is 1.74. The Bertz CT molecular complexity index is 573. The van der Waals surface area contributed by atoms with Crippen molar-refractivity contribution >= 4 is 28.3 Å². The van der Waals surface area contributed by atoms with Crippen molar-refractivity contribution in [2.45, 2.75) is 23.8 Å². The predicted octanol–water partition coefficient (Wildman–Crippen LogP) is 0.238. The highest BCUT2D eigenvalue weighted by Gasteiger charge is 2.28. The van der Waals surface area contributed by atoms with Crippen LogP contribution in [0.15, 0.2) is 29.2 Å². The highest BCUT2D eigenvalue weighted by atomic mass is 35.5. The molecule has 0 aliphatic heterocycles. The van der Waals surface area contributed by atoms with E-state index < -0.39 is 10.0 Å². The topological polar surface area (TPSA) is 101 Å². The van der Waals surface area contributed by atoms with Crippen LogP contribution in [-0.2, 0) is 10.0 Å². The highest BCUT2D eigenvalue weighted by molar-refractivity contribution is 7.89. The van der Waals surface area contributed by atoms with Crippen LogP contribution in [0.25, 0.3) is 0 Å². The molecule has 1 amide bonds. The fourth-order valence-corrected chi connectivity index (χ4v) is 2.93. The number of carbonyl (C=O) groups is 1. The zero-order valence-electron chi connectivity index (χ0n) is 10.8. The normalized spacial score (nSPS) is 14.4. The van der Waals surface area contributed by atoms with Crippen molar-refractivity contribution in [2.75, 3.05) is 13.1 Å². The van der Waals surface area contributed by atoms with E-state index in [4.69, 9.17) is 5.73 Å². The number of hydrogen-bond donors (Lipinski definition) is 3. The summed E-state index contributed by atoms with van der Waals surface area (Å²) in [6.45, 7) is 0.698. The Kier molecular flexibility index (Phi) is 5.94. The Labute approximate surface area is 124 Å². The van der Waals surface area contributed by atoms with Crippen molar-refractivity contribution < 1.29 is 13.2 Å². The summed E-state index contributed by atoms with van der Waals surface area (Å²) in [5.41, 5.74) is 5.61. The monoisotopic (exact) mass is 319 g/mol. The molecule has 1 saturated carbocycles. The van der Waals surface area contributed by atoms with Gasteiger partial charge in [-0.05, 0) is 31.0 Å². The molecule has 0 bridgehead atoms. The van der Waals surface area contributed by atoms with E-state index in [-0.39, 0.29) is 29.3 Å². The molecule has 20 heavy (non-hydrogen) atoms. The van der Waals surface area contributed by atoms with E-state index in [2.05, 4.69) is 10.0 Å². The summed E-state index contributed by atoms with van der Waals surface area (Å²) in [5, 5.41) is 2.60. The molecule has 0 unspecified atom stereocenters. The minimum absolute atomic E-state index is 0. The molecule has 1 fully saturated rings. The van der Waals surface area contributed by atoms with Gasteiger partial charge in [0.2, 0.25) is 10.0 Å². The van der Waals surface area contributed by atoms with Gasteiger partial charge in [0, 0.05) is 24.7 Å². The number of rotatable bonds is 6. The highest BCUT2D eigenvalue weighted by Crippen LogP contribution is 2.22. The summed E-state index contributed by atoms with van der Waals surface area (Å²) in [6, 6.07) is 6.02. The summed E-state index contributed by atoms with van der Waals surface area (Å²) in [5.74, 6) is -0.325. The van der Waals surface area contributed by atoms with Gasteiger partial charge in [-0.15, -0.1) is 12.4 Å². The number of nitrogens with two attached hydrogens (primary N) is 1. The van der Waals surface area contributed by atoms with E-state index >= 15 is 0 Å². The molecule has 1 aromatic rings. The first-order valence-corrected chi connectivity index (χ1v) is 7.62. The van der Waals surface area contributed by atoms with Crippen LogP contribution in [0.4, 0.5) is 0 Å². The smallest absolute Gasteiger partial charge is 0.251 e. The van der Waals surface area contributed by atoms with Crippen molar-refractivity contribution in [1.82, 2.24) is 10.0 Å². The maximum atomic E-state index is 12.0. The molecule has 1 aliphatic rings. The molecular formula is C12H18ClN3O3S. The van der Waals surface area contributed by atoms with Crippen molar-refractivity contribution in [3.05, 3.63) is 29.8 Å². The van der Waals surface area contributed by atoms with Crippen LogP contribution in [0.5, 0.6) is 0 Å². The predicted molar refractivity (Wildman–Crippen MR) is 78.4 cm³/mol. The van der Waals surface area contributed by atoms with E-state index in [9.17, 15) is 13.2 Å². The minimum atomic E-state index is -3.53. The Morgan fingerprint density at radius 1 is 1.35 bits per heavy atom. The Morgan fingerprint density at radius 3 is 2.65 bits per heavy atom. The first-order valence-electron chi connectivity index (χ1n) is 6.13. The van der Waals surface area contributed by atoms with Gasteiger partial charge in [0.1, 0.15) is 0 Å². The number of amides is 1. The average Bonchev–Trinajstić information content (AvgIpc) is 3.19. The standard InChI is InChI=1S/C12H17N3O3S.ClH/c13-6-7-14-12(16)9-2-1-3-11(8-9)19(17,18)15-10-4-5-10;/h1-3,8,10,15H,4-7,13H2,(H,14,16);1H. The zero-order valence-corrected chi connectivity index (χ0v) is 12.5.